The predicted molar refractivity (Wildman–Crippen MR) is 122 cm³/mol. The number of carbonyl (C=O) groups excluding carboxylic acids is 2. The van der Waals surface area contributed by atoms with Crippen LogP contribution in [-0.4, -0.2) is 45.7 Å². The van der Waals surface area contributed by atoms with E-state index in [4.69, 9.17) is 21.3 Å². The normalized spacial score (nSPS) is 21.9. The Morgan fingerprint density at radius 2 is 1.94 bits per heavy atom. The van der Waals surface area contributed by atoms with Gasteiger partial charge in [-0.2, -0.15) is 5.10 Å². The number of anilines is 1. The highest BCUT2D eigenvalue weighted by Crippen LogP contribution is 2.54. The molecule has 0 bridgehead atoms. The number of likely N-dealkylation sites (tertiary alicyclic amines) is 1. The Morgan fingerprint density at radius 1 is 1.25 bits per heavy atom. The summed E-state index contributed by atoms with van der Waals surface area (Å²) in [4.78, 5) is 26.1. The molecule has 32 heavy (non-hydrogen) atoms. The third-order valence-corrected chi connectivity index (χ3v) is 6.33. The molecule has 1 saturated heterocycles. The number of carbonyl (C=O) groups is 2. The fraction of sp³-hybridized carbons (Fsp3) is 0.458. The van der Waals surface area contributed by atoms with Gasteiger partial charge in [-0.25, -0.2) is 4.68 Å². The summed E-state index contributed by atoms with van der Waals surface area (Å²) >= 11 is 0. The smallest absolute Gasteiger partial charge is 0.298 e. The van der Waals surface area contributed by atoms with Gasteiger partial charge in [-0.05, 0) is 75.6 Å². The molecule has 2 aliphatic rings. The van der Waals surface area contributed by atoms with Crippen molar-refractivity contribution in [3.05, 3.63) is 29.8 Å². The highest BCUT2D eigenvalue weighted by molar-refractivity contribution is 6.03. The second-order valence-corrected chi connectivity index (χ2v) is 9.02. The van der Waals surface area contributed by atoms with Crippen molar-refractivity contribution in [2.24, 2.45) is 11.1 Å². The number of amides is 2. The van der Waals surface area contributed by atoms with E-state index in [9.17, 15) is 9.59 Å². The Kier molecular flexibility index (Phi) is 5.59. The fourth-order valence-corrected chi connectivity index (χ4v) is 4.87. The third kappa shape index (κ3) is 3.91. The maximum atomic E-state index is 12.2. The molecule has 8 nitrogen and oxygen atoms in total. The van der Waals surface area contributed by atoms with E-state index in [0.29, 0.717) is 12.2 Å². The van der Waals surface area contributed by atoms with Gasteiger partial charge in [0.2, 0.25) is 0 Å². The molecule has 1 saturated carbocycles. The zero-order chi connectivity index (χ0) is 23.0. The van der Waals surface area contributed by atoms with E-state index >= 15 is 0 Å². The van der Waals surface area contributed by atoms with Gasteiger partial charge < -0.3 is 21.1 Å². The van der Waals surface area contributed by atoms with Gasteiger partial charge in [0.15, 0.2) is 0 Å². The molecule has 4 rings (SSSR count). The fourth-order valence-electron chi connectivity index (χ4n) is 4.87. The Balaban J connectivity index is 1.55. The standard InChI is InChI=1S/C24H29N5O3/c1-4-5-19(30)28-11-10-24(14-28)12-17(13-24)29-22(25)20(23(26)31)21(27-29)16-6-8-18(9-7-16)32-15(2)3/h6-9,15,17H,10-14,25H2,1-3H3,(H2,26,31)/t17-,24-. The lowest BCUT2D eigenvalue weighted by Gasteiger charge is -2.45. The first kappa shape index (κ1) is 21.8. The second-order valence-electron chi connectivity index (χ2n) is 9.02. The molecule has 1 aliphatic carbocycles. The summed E-state index contributed by atoms with van der Waals surface area (Å²) < 4.78 is 7.42. The largest absolute Gasteiger partial charge is 0.491 e. The van der Waals surface area contributed by atoms with E-state index in [1.165, 1.54) is 0 Å². The number of hydrogen-bond donors (Lipinski definition) is 2. The van der Waals surface area contributed by atoms with Crippen LogP contribution in [0, 0.1) is 17.3 Å². The number of nitrogens with two attached hydrogens (primary N) is 2. The second kappa shape index (κ2) is 8.23. The van der Waals surface area contributed by atoms with E-state index in [1.54, 1.807) is 11.6 Å². The topological polar surface area (TPSA) is 116 Å². The Bertz CT molecular complexity index is 1100. The number of benzene rings is 1. The number of nitrogens with zero attached hydrogens (tertiary/aromatic N) is 3. The van der Waals surface area contributed by atoms with E-state index in [2.05, 4.69) is 11.8 Å². The first-order chi connectivity index (χ1) is 15.2. The van der Waals surface area contributed by atoms with E-state index in [-0.39, 0.29) is 34.8 Å². The van der Waals surface area contributed by atoms with Crippen LogP contribution in [0.15, 0.2) is 24.3 Å². The van der Waals surface area contributed by atoms with Crippen LogP contribution < -0.4 is 16.2 Å². The van der Waals surface area contributed by atoms with Crippen LogP contribution in [0.3, 0.4) is 0 Å². The highest BCUT2D eigenvalue weighted by Gasteiger charge is 2.51. The monoisotopic (exact) mass is 435 g/mol. The summed E-state index contributed by atoms with van der Waals surface area (Å²) in [5, 5.41) is 4.70. The van der Waals surface area contributed by atoms with Gasteiger partial charge in [0.1, 0.15) is 22.8 Å². The van der Waals surface area contributed by atoms with Gasteiger partial charge in [-0.15, -0.1) is 0 Å². The van der Waals surface area contributed by atoms with Crippen LogP contribution in [-0.2, 0) is 4.79 Å². The van der Waals surface area contributed by atoms with Gasteiger partial charge >= 0.3 is 0 Å². The quantitative estimate of drug-likeness (QED) is 0.700. The molecule has 1 aromatic carbocycles. The lowest BCUT2D eigenvalue weighted by molar-refractivity contribution is -0.125. The summed E-state index contributed by atoms with van der Waals surface area (Å²) in [6.07, 6.45) is 2.70. The molecule has 1 aliphatic heterocycles. The average Bonchev–Trinajstić information content (AvgIpc) is 3.29. The van der Waals surface area contributed by atoms with Crippen molar-refractivity contribution in [3.63, 3.8) is 0 Å². The zero-order valence-electron chi connectivity index (χ0n) is 18.7. The number of aromatic nitrogens is 2. The van der Waals surface area contributed by atoms with Crippen LogP contribution in [0.2, 0.25) is 0 Å². The third-order valence-electron chi connectivity index (χ3n) is 6.33. The van der Waals surface area contributed by atoms with Crippen LogP contribution in [0.1, 0.15) is 56.4 Å². The molecule has 4 N–H and O–H groups in total. The average molecular weight is 436 g/mol. The summed E-state index contributed by atoms with van der Waals surface area (Å²) in [5.41, 5.74) is 13.5. The molecule has 1 spiro atoms. The number of rotatable bonds is 5. The van der Waals surface area contributed by atoms with Crippen LogP contribution in [0.5, 0.6) is 5.75 Å². The SMILES string of the molecule is CC#CC(=O)N1CC[C@]2(C1)C[C@H](n1nc(-c3ccc(OC(C)C)cc3)c(C(N)=O)c1N)C2. The molecule has 0 unspecified atom stereocenters. The summed E-state index contributed by atoms with van der Waals surface area (Å²) in [5.74, 6) is 5.61. The number of hydrogen-bond acceptors (Lipinski definition) is 5. The maximum Gasteiger partial charge on any atom is 0.298 e. The molecular weight excluding hydrogens is 406 g/mol. The number of nitrogen functional groups attached to an aromatic ring is 1. The van der Waals surface area contributed by atoms with Crippen LogP contribution in [0.4, 0.5) is 5.82 Å². The summed E-state index contributed by atoms with van der Waals surface area (Å²) in [6.45, 7) is 7.01. The van der Waals surface area contributed by atoms with Crippen molar-refractivity contribution in [2.75, 3.05) is 18.8 Å². The minimum absolute atomic E-state index is 0.0665. The van der Waals surface area contributed by atoms with Crippen molar-refractivity contribution in [3.8, 4) is 28.8 Å². The van der Waals surface area contributed by atoms with Crippen LogP contribution >= 0.6 is 0 Å². The number of primary amides is 1. The molecule has 0 radical (unpaired) electrons. The summed E-state index contributed by atoms with van der Waals surface area (Å²) in [6, 6.07) is 7.47. The Morgan fingerprint density at radius 3 is 2.53 bits per heavy atom. The van der Waals surface area contributed by atoms with E-state index in [0.717, 1.165) is 37.1 Å². The molecule has 168 valence electrons. The van der Waals surface area contributed by atoms with Gasteiger partial charge in [0, 0.05) is 18.7 Å². The van der Waals surface area contributed by atoms with E-state index in [1.807, 2.05) is 43.0 Å². The lowest BCUT2D eigenvalue weighted by atomic mass is 9.65. The Hall–Kier alpha value is -3.47. The molecule has 2 aromatic rings. The zero-order valence-corrected chi connectivity index (χ0v) is 18.7. The van der Waals surface area contributed by atoms with Crippen molar-refractivity contribution in [1.82, 2.24) is 14.7 Å². The van der Waals surface area contributed by atoms with Crippen LogP contribution in [0.25, 0.3) is 11.3 Å². The number of ether oxygens (including phenoxy) is 1. The lowest BCUT2D eigenvalue weighted by Crippen LogP contribution is -2.42. The van der Waals surface area contributed by atoms with Crippen molar-refractivity contribution < 1.29 is 14.3 Å². The van der Waals surface area contributed by atoms with Gasteiger partial charge in [-0.3, -0.25) is 9.59 Å². The van der Waals surface area contributed by atoms with E-state index < -0.39 is 5.91 Å². The summed E-state index contributed by atoms with van der Waals surface area (Å²) in [7, 11) is 0. The van der Waals surface area contributed by atoms with Crippen molar-refractivity contribution >= 4 is 17.6 Å². The molecule has 0 atom stereocenters. The first-order valence-electron chi connectivity index (χ1n) is 10.9. The minimum Gasteiger partial charge on any atom is -0.491 e. The molecular formula is C24H29N5O3. The molecule has 1 aromatic heterocycles. The Labute approximate surface area is 187 Å². The molecule has 2 fully saturated rings. The molecule has 2 amide bonds. The maximum absolute atomic E-state index is 12.2. The minimum atomic E-state index is -0.601. The van der Waals surface area contributed by atoms with Crippen molar-refractivity contribution in [1.29, 1.82) is 0 Å². The molecule has 8 heteroatoms. The molecule has 2 heterocycles. The first-order valence-corrected chi connectivity index (χ1v) is 10.9. The van der Waals surface area contributed by atoms with Gasteiger partial charge in [0.25, 0.3) is 11.8 Å². The van der Waals surface area contributed by atoms with Gasteiger partial charge in [0.05, 0.1) is 12.1 Å². The predicted octanol–water partition coefficient (Wildman–Crippen LogP) is 2.60. The van der Waals surface area contributed by atoms with Gasteiger partial charge in [-0.1, -0.05) is 5.92 Å². The van der Waals surface area contributed by atoms with Crippen molar-refractivity contribution in [2.45, 2.75) is 52.2 Å². The highest BCUT2D eigenvalue weighted by atomic mass is 16.5.